The van der Waals surface area contributed by atoms with Gasteiger partial charge in [0.15, 0.2) is 5.71 Å². The van der Waals surface area contributed by atoms with E-state index >= 15 is 0 Å². The van der Waals surface area contributed by atoms with Crippen molar-refractivity contribution in [3.8, 4) is 0 Å². The molecule has 134 valence electrons. The number of ketones is 1. The van der Waals surface area contributed by atoms with Crippen LogP contribution in [0.5, 0.6) is 0 Å². The SMILES string of the molecule is CC(=Nc1ccccc1)/C(=N\Nc1ccc(Br)cc1)C(=O)c1ccccc1. The first kappa shape index (κ1) is 18.7. The van der Waals surface area contributed by atoms with Crippen molar-refractivity contribution >= 4 is 44.5 Å². The first-order valence-electron chi connectivity index (χ1n) is 8.43. The number of aliphatic imine (C=N–C) groups is 1. The number of hydrazone groups is 1. The highest BCUT2D eigenvalue weighted by molar-refractivity contribution is 9.10. The number of carbonyl (C=O) groups excluding carboxylic acids is 1. The number of nitrogens with one attached hydrogen (secondary N) is 1. The van der Waals surface area contributed by atoms with Crippen LogP contribution in [0.25, 0.3) is 0 Å². The molecular weight excluding hydrogens is 402 g/mol. The van der Waals surface area contributed by atoms with Crippen molar-refractivity contribution in [3.05, 3.63) is 95.0 Å². The van der Waals surface area contributed by atoms with Crippen LogP contribution in [0, 0.1) is 0 Å². The molecule has 0 aliphatic carbocycles. The average molecular weight is 420 g/mol. The minimum atomic E-state index is -0.183. The van der Waals surface area contributed by atoms with Crippen LogP contribution in [0.3, 0.4) is 0 Å². The Hall–Kier alpha value is -3.05. The van der Waals surface area contributed by atoms with Gasteiger partial charge in [-0.15, -0.1) is 0 Å². The highest BCUT2D eigenvalue weighted by atomic mass is 79.9. The Morgan fingerprint density at radius 1 is 0.852 bits per heavy atom. The molecule has 0 saturated heterocycles. The fourth-order valence-electron chi connectivity index (χ4n) is 2.42. The molecular formula is C22H18BrN3O. The predicted molar refractivity (Wildman–Crippen MR) is 115 cm³/mol. The number of halogens is 1. The van der Waals surface area contributed by atoms with Crippen molar-refractivity contribution in [2.24, 2.45) is 10.1 Å². The lowest BCUT2D eigenvalue weighted by molar-refractivity contribution is 0.106. The third kappa shape index (κ3) is 5.21. The fraction of sp³-hybridized carbons (Fsp3) is 0.0455. The second kappa shape index (κ2) is 9.05. The highest BCUT2D eigenvalue weighted by Crippen LogP contribution is 2.15. The fourth-order valence-corrected chi connectivity index (χ4v) is 2.68. The summed E-state index contributed by atoms with van der Waals surface area (Å²) in [6.45, 7) is 1.79. The Bertz CT molecular complexity index is 965. The van der Waals surface area contributed by atoms with E-state index in [0.29, 0.717) is 11.3 Å². The topological polar surface area (TPSA) is 53.8 Å². The molecule has 0 fully saturated rings. The lowest BCUT2D eigenvalue weighted by Crippen LogP contribution is -2.23. The van der Waals surface area contributed by atoms with Crippen LogP contribution in [-0.4, -0.2) is 17.2 Å². The van der Waals surface area contributed by atoms with Gasteiger partial charge in [0.05, 0.1) is 17.1 Å². The van der Waals surface area contributed by atoms with Gasteiger partial charge in [0.1, 0.15) is 0 Å². The molecule has 4 nitrogen and oxygen atoms in total. The third-order valence-electron chi connectivity index (χ3n) is 3.79. The number of rotatable bonds is 6. The predicted octanol–water partition coefficient (Wildman–Crippen LogP) is 5.89. The van der Waals surface area contributed by atoms with Crippen LogP contribution in [0.4, 0.5) is 11.4 Å². The highest BCUT2D eigenvalue weighted by Gasteiger charge is 2.17. The monoisotopic (exact) mass is 419 g/mol. The van der Waals surface area contributed by atoms with E-state index in [-0.39, 0.29) is 11.5 Å². The van der Waals surface area contributed by atoms with Crippen LogP contribution in [-0.2, 0) is 0 Å². The molecule has 0 radical (unpaired) electrons. The molecule has 0 heterocycles. The quantitative estimate of drug-likeness (QED) is 0.307. The van der Waals surface area contributed by atoms with Crippen molar-refractivity contribution in [2.75, 3.05) is 5.43 Å². The van der Waals surface area contributed by atoms with Gasteiger partial charge in [-0.3, -0.25) is 15.2 Å². The molecule has 1 N–H and O–H groups in total. The van der Waals surface area contributed by atoms with Crippen molar-refractivity contribution in [3.63, 3.8) is 0 Å². The zero-order chi connectivity index (χ0) is 19.1. The maximum atomic E-state index is 13.0. The lowest BCUT2D eigenvalue weighted by atomic mass is 10.0. The normalized spacial score (nSPS) is 11.9. The number of Topliss-reactive ketones (excluding diaryl/α,β-unsaturated/α-hetero) is 1. The summed E-state index contributed by atoms with van der Waals surface area (Å²) in [5.74, 6) is -0.183. The van der Waals surface area contributed by atoms with Crippen LogP contribution < -0.4 is 5.43 Å². The Morgan fingerprint density at radius 3 is 2.07 bits per heavy atom. The molecule has 5 heteroatoms. The van der Waals surface area contributed by atoms with E-state index in [2.05, 4.69) is 31.4 Å². The van der Waals surface area contributed by atoms with Crippen LogP contribution in [0.15, 0.2) is 99.5 Å². The molecule has 0 unspecified atom stereocenters. The summed E-state index contributed by atoms with van der Waals surface area (Å²) in [5, 5.41) is 4.37. The van der Waals surface area contributed by atoms with Gasteiger partial charge in [0.25, 0.3) is 0 Å². The minimum Gasteiger partial charge on any atom is -0.287 e. The van der Waals surface area contributed by atoms with Gasteiger partial charge in [-0.2, -0.15) is 5.10 Å². The van der Waals surface area contributed by atoms with E-state index in [0.717, 1.165) is 15.8 Å². The molecule has 0 spiro atoms. The Labute approximate surface area is 166 Å². The van der Waals surface area contributed by atoms with Gasteiger partial charge in [0, 0.05) is 10.0 Å². The summed E-state index contributed by atoms with van der Waals surface area (Å²) >= 11 is 3.40. The van der Waals surface area contributed by atoms with E-state index in [1.54, 1.807) is 19.1 Å². The number of nitrogens with zero attached hydrogens (tertiary/aromatic N) is 2. The van der Waals surface area contributed by atoms with Crippen molar-refractivity contribution < 1.29 is 4.79 Å². The molecule has 0 aliphatic rings. The number of hydrogen-bond donors (Lipinski definition) is 1. The molecule has 3 aromatic rings. The maximum Gasteiger partial charge on any atom is 0.215 e. The van der Waals surface area contributed by atoms with Crippen molar-refractivity contribution in [2.45, 2.75) is 6.92 Å². The van der Waals surface area contributed by atoms with E-state index in [4.69, 9.17) is 0 Å². The van der Waals surface area contributed by atoms with Crippen LogP contribution in [0.1, 0.15) is 17.3 Å². The van der Waals surface area contributed by atoms with E-state index in [9.17, 15) is 4.79 Å². The van der Waals surface area contributed by atoms with Crippen LogP contribution in [0.2, 0.25) is 0 Å². The van der Waals surface area contributed by atoms with E-state index in [1.165, 1.54) is 0 Å². The maximum absolute atomic E-state index is 13.0. The van der Waals surface area contributed by atoms with Gasteiger partial charge in [-0.05, 0) is 43.3 Å². The smallest absolute Gasteiger partial charge is 0.215 e. The summed E-state index contributed by atoms with van der Waals surface area (Å²) in [4.78, 5) is 17.5. The first-order chi connectivity index (χ1) is 13.1. The second-order valence-corrected chi connectivity index (χ2v) is 6.72. The largest absolute Gasteiger partial charge is 0.287 e. The lowest BCUT2D eigenvalue weighted by Gasteiger charge is -2.08. The molecule has 0 saturated carbocycles. The summed E-state index contributed by atoms with van der Waals surface area (Å²) < 4.78 is 0.972. The number of para-hydroxylation sites is 1. The molecule has 3 aromatic carbocycles. The van der Waals surface area contributed by atoms with Gasteiger partial charge >= 0.3 is 0 Å². The van der Waals surface area contributed by atoms with Gasteiger partial charge in [-0.25, -0.2) is 0 Å². The Kier molecular flexibility index (Phi) is 6.28. The molecule has 0 bridgehead atoms. The number of carbonyl (C=O) groups is 1. The molecule has 0 amide bonds. The summed E-state index contributed by atoms with van der Waals surface area (Å²) in [6, 6.07) is 26.1. The van der Waals surface area contributed by atoms with Gasteiger partial charge in [0.2, 0.25) is 5.78 Å². The zero-order valence-corrected chi connectivity index (χ0v) is 16.3. The summed E-state index contributed by atoms with van der Waals surface area (Å²) in [7, 11) is 0. The minimum absolute atomic E-state index is 0.183. The van der Waals surface area contributed by atoms with Gasteiger partial charge in [-0.1, -0.05) is 64.5 Å². The Balaban J connectivity index is 1.95. The standard InChI is InChI=1S/C22H18BrN3O/c1-16(24-19-10-6-3-7-11-19)21(22(27)17-8-4-2-5-9-17)26-25-20-14-12-18(23)13-15-20/h2-15,25H,1H3/b24-16?,26-21+. The van der Waals surface area contributed by atoms with Crippen molar-refractivity contribution in [1.29, 1.82) is 0 Å². The zero-order valence-electron chi connectivity index (χ0n) is 14.8. The summed E-state index contributed by atoms with van der Waals surface area (Å²) in [6.07, 6.45) is 0. The van der Waals surface area contributed by atoms with E-state index < -0.39 is 0 Å². The average Bonchev–Trinajstić information content (AvgIpc) is 2.71. The third-order valence-corrected chi connectivity index (χ3v) is 4.32. The summed E-state index contributed by atoms with van der Waals surface area (Å²) in [5.41, 5.74) is 5.89. The Morgan fingerprint density at radius 2 is 1.44 bits per heavy atom. The molecule has 0 atom stereocenters. The van der Waals surface area contributed by atoms with Crippen molar-refractivity contribution in [1.82, 2.24) is 0 Å². The second-order valence-electron chi connectivity index (χ2n) is 5.81. The first-order valence-corrected chi connectivity index (χ1v) is 9.22. The molecule has 0 aliphatic heterocycles. The van der Waals surface area contributed by atoms with Crippen LogP contribution >= 0.6 is 15.9 Å². The van der Waals surface area contributed by atoms with Gasteiger partial charge < -0.3 is 0 Å². The molecule has 3 rings (SSSR count). The molecule has 27 heavy (non-hydrogen) atoms. The van der Waals surface area contributed by atoms with E-state index in [1.807, 2.05) is 72.8 Å². The number of hydrogen-bond acceptors (Lipinski definition) is 4. The molecule has 0 aromatic heterocycles. The number of anilines is 1. The number of benzene rings is 3.